The Morgan fingerprint density at radius 2 is 0.727 bits per heavy atom. The van der Waals surface area contributed by atoms with Crippen molar-refractivity contribution in [1.82, 2.24) is 4.98 Å². The molecule has 0 bridgehead atoms. The van der Waals surface area contributed by atoms with Crippen molar-refractivity contribution in [2.75, 3.05) is 0 Å². The maximum Gasteiger partial charge on any atom is 0.211 e. The predicted octanol–water partition coefficient (Wildman–Crippen LogP) is 11.9. The zero-order valence-corrected chi connectivity index (χ0v) is 32.6. The van der Waals surface area contributed by atoms with Crippen LogP contribution in [0.3, 0.4) is 0 Å². The van der Waals surface area contributed by atoms with E-state index in [4.69, 9.17) is 0 Å². The number of aromatic amines is 2. The van der Waals surface area contributed by atoms with Gasteiger partial charge < -0.3 is 4.98 Å². The van der Waals surface area contributed by atoms with Crippen molar-refractivity contribution in [3.8, 4) is 67.2 Å². The standard InChI is InChI=1S/2C17H13N.C17H12N.Ir/c3*1-3-7-14(8-4-1)16-11-12-18-17(13-16)15-9-5-2-6-10-15;/h2*1-13H;1-9,11-13H;/q;;-1;/p+2. The summed E-state index contributed by atoms with van der Waals surface area (Å²) in [6.07, 6.45) is 5.83. The van der Waals surface area contributed by atoms with Crippen molar-refractivity contribution >= 4 is 0 Å². The Hall–Kier alpha value is -6.58. The quantitative estimate of drug-likeness (QED) is 0.153. The van der Waals surface area contributed by atoms with Gasteiger partial charge in [0.2, 0.25) is 11.4 Å². The molecule has 267 valence electrons. The molecule has 3 nitrogen and oxygen atoms in total. The molecule has 0 amide bonds. The summed E-state index contributed by atoms with van der Waals surface area (Å²) in [5, 5.41) is 0. The van der Waals surface area contributed by atoms with Crippen molar-refractivity contribution in [2.24, 2.45) is 0 Å². The molecule has 55 heavy (non-hydrogen) atoms. The van der Waals surface area contributed by atoms with Gasteiger partial charge in [-0.15, -0.1) is 35.9 Å². The molecular formula is C51H40IrN3+. The Labute approximate surface area is 337 Å². The number of nitrogens with one attached hydrogen (secondary N) is 2. The Morgan fingerprint density at radius 3 is 1.13 bits per heavy atom. The van der Waals surface area contributed by atoms with Gasteiger partial charge >= 0.3 is 0 Å². The normalized spacial score (nSPS) is 10.0. The number of hydrogen-bond donors (Lipinski definition) is 0. The molecule has 0 atom stereocenters. The van der Waals surface area contributed by atoms with Gasteiger partial charge in [-0.25, -0.2) is 9.97 Å². The van der Waals surface area contributed by atoms with E-state index in [9.17, 15) is 0 Å². The van der Waals surface area contributed by atoms with Gasteiger partial charge in [-0.2, -0.15) is 0 Å². The van der Waals surface area contributed by atoms with Crippen LogP contribution in [0.25, 0.3) is 67.2 Å². The van der Waals surface area contributed by atoms with E-state index in [1.54, 1.807) is 0 Å². The van der Waals surface area contributed by atoms with Crippen LogP contribution in [0.5, 0.6) is 0 Å². The van der Waals surface area contributed by atoms with Gasteiger partial charge in [0.25, 0.3) is 0 Å². The Balaban J connectivity index is 0.000000139. The predicted molar refractivity (Wildman–Crippen MR) is 222 cm³/mol. The molecule has 1 radical (unpaired) electrons. The molecule has 0 aliphatic carbocycles. The Kier molecular flexibility index (Phi) is 13.9. The zero-order valence-electron chi connectivity index (χ0n) is 30.2. The molecular weight excluding hydrogens is 847 g/mol. The topological polar surface area (TPSA) is 41.2 Å². The Morgan fingerprint density at radius 1 is 0.345 bits per heavy atom. The van der Waals surface area contributed by atoms with Crippen LogP contribution in [-0.2, 0) is 20.1 Å². The second kappa shape index (κ2) is 20.0. The fourth-order valence-corrected chi connectivity index (χ4v) is 6.06. The van der Waals surface area contributed by atoms with Crippen LogP contribution in [0, 0.1) is 6.07 Å². The molecule has 6 aromatic carbocycles. The van der Waals surface area contributed by atoms with E-state index in [2.05, 4.69) is 161 Å². The number of H-pyrrole nitrogens is 2. The molecule has 9 rings (SSSR count). The van der Waals surface area contributed by atoms with Gasteiger partial charge in [-0.3, -0.25) is 0 Å². The molecule has 0 saturated carbocycles. The van der Waals surface area contributed by atoms with E-state index < -0.39 is 0 Å². The smallest absolute Gasteiger partial charge is 0.211 e. The van der Waals surface area contributed by atoms with Gasteiger partial charge in [0, 0.05) is 61.7 Å². The van der Waals surface area contributed by atoms with E-state index in [0.29, 0.717) is 0 Å². The fraction of sp³-hybridized carbons (Fsp3) is 0. The molecule has 3 heterocycles. The van der Waals surface area contributed by atoms with Crippen molar-refractivity contribution in [2.45, 2.75) is 0 Å². The van der Waals surface area contributed by atoms with Gasteiger partial charge in [-0.1, -0.05) is 133 Å². The molecule has 0 aliphatic heterocycles. The third-order valence-corrected chi connectivity index (χ3v) is 8.84. The van der Waals surface area contributed by atoms with Crippen LogP contribution in [0.4, 0.5) is 0 Å². The first-order valence-corrected chi connectivity index (χ1v) is 18.0. The maximum atomic E-state index is 4.40. The Bertz CT molecular complexity index is 2010. The van der Waals surface area contributed by atoms with Crippen LogP contribution >= 0.6 is 0 Å². The van der Waals surface area contributed by atoms with Crippen LogP contribution in [-0.4, -0.2) is 4.98 Å². The van der Waals surface area contributed by atoms with Gasteiger partial charge in [-0.05, 0) is 69.4 Å². The summed E-state index contributed by atoms with van der Waals surface area (Å²) < 4.78 is 0. The van der Waals surface area contributed by atoms with Gasteiger partial charge in [0.15, 0.2) is 12.4 Å². The maximum absolute atomic E-state index is 4.40. The minimum absolute atomic E-state index is 0. The largest absolute Gasteiger partial charge is 0.305 e. The monoisotopic (exact) mass is 887 g/mol. The van der Waals surface area contributed by atoms with E-state index in [1.807, 2.05) is 91.4 Å². The van der Waals surface area contributed by atoms with Crippen molar-refractivity contribution in [1.29, 1.82) is 0 Å². The third-order valence-electron chi connectivity index (χ3n) is 8.84. The SMILES string of the molecule is [Ir].[c-]1ccccc1-c1cc(-c2ccccc2)ccn1.c1ccc(-c2cc[nH+]c(-c3ccccc3)c2)cc1.c1ccc(-c2cc[nH+]c(-c3ccccc3)c2)cc1. The first-order valence-electron chi connectivity index (χ1n) is 18.0. The van der Waals surface area contributed by atoms with Crippen LogP contribution < -0.4 is 9.97 Å². The average molecular weight is 887 g/mol. The zero-order chi connectivity index (χ0) is 36.6. The van der Waals surface area contributed by atoms with Crippen LogP contribution in [0.2, 0.25) is 0 Å². The summed E-state index contributed by atoms with van der Waals surface area (Å²) in [6.45, 7) is 0. The summed E-state index contributed by atoms with van der Waals surface area (Å²) >= 11 is 0. The van der Waals surface area contributed by atoms with Crippen molar-refractivity contribution in [3.05, 3.63) is 237 Å². The molecule has 0 fully saturated rings. The van der Waals surface area contributed by atoms with Crippen LogP contribution in [0.1, 0.15) is 0 Å². The summed E-state index contributed by atoms with van der Waals surface area (Å²) in [7, 11) is 0. The van der Waals surface area contributed by atoms with E-state index >= 15 is 0 Å². The van der Waals surface area contributed by atoms with Crippen LogP contribution in [0.15, 0.2) is 231 Å². The van der Waals surface area contributed by atoms with Crippen molar-refractivity contribution in [3.63, 3.8) is 0 Å². The molecule has 2 N–H and O–H groups in total. The molecule has 4 heteroatoms. The van der Waals surface area contributed by atoms with E-state index in [1.165, 1.54) is 44.5 Å². The number of hydrogen-bond acceptors (Lipinski definition) is 1. The first kappa shape index (κ1) is 38.2. The molecule has 0 unspecified atom stereocenters. The molecule has 0 aliphatic rings. The summed E-state index contributed by atoms with van der Waals surface area (Å²) in [6, 6.07) is 75.7. The summed E-state index contributed by atoms with van der Waals surface area (Å²) in [5.74, 6) is 0. The fourth-order valence-electron chi connectivity index (χ4n) is 6.06. The van der Waals surface area contributed by atoms with E-state index in [0.717, 1.165) is 22.6 Å². The molecule has 0 spiro atoms. The summed E-state index contributed by atoms with van der Waals surface area (Å²) in [5.41, 5.74) is 14.0. The average Bonchev–Trinajstić information content (AvgIpc) is 3.29. The molecule has 3 aromatic heterocycles. The second-order valence-corrected chi connectivity index (χ2v) is 12.5. The number of rotatable bonds is 6. The second-order valence-electron chi connectivity index (χ2n) is 12.5. The minimum Gasteiger partial charge on any atom is -0.305 e. The van der Waals surface area contributed by atoms with Gasteiger partial charge in [0.05, 0.1) is 0 Å². The number of nitrogens with zero attached hydrogens (tertiary/aromatic N) is 1. The molecule has 0 saturated heterocycles. The minimum atomic E-state index is 0. The third kappa shape index (κ3) is 10.7. The van der Waals surface area contributed by atoms with E-state index in [-0.39, 0.29) is 20.1 Å². The molecule has 9 aromatic rings. The number of benzene rings is 6. The number of aromatic nitrogens is 3. The van der Waals surface area contributed by atoms with Gasteiger partial charge in [0.1, 0.15) is 0 Å². The number of pyridine rings is 3. The van der Waals surface area contributed by atoms with Crippen molar-refractivity contribution < 1.29 is 30.1 Å². The summed E-state index contributed by atoms with van der Waals surface area (Å²) in [4.78, 5) is 11.0. The first-order chi connectivity index (χ1) is 26.8.